The first-order valence-corrected chi connectivity index (χ1v) is 4.21. The predicted molar refractivity (Wildman–Crippen MR) is 47.0 cm³/mol. The normalized spacial score (nSPS) is 9.40. The molecule has 0 saturated heterocycles. The lowest BCUT2D eigenvalue weighted by molar-refractivity contribution is 0.368. The van der Waals surface area contributed by atoms with E-state index in [1.165, 1.54) is 25.8 Å². The van der Waals surface area contributed by atoms with Gasteiger partial charge >= 0.3 is 0 Å². The molecule has 0 amide bonds. The van der Waals surface area contributed by atoms with Crippen LogP contribution in [0.5, 0.6) is 0 Å². The minimum absolute atomic E-state index is 1.16. The molecule has 0 aliphatic carbocycles. The average molecular weight is 141 g/mol. The van der Waals surface area contributed by atoms with Gasteiger partial charge in [0.25, 0.3) is 0 Å². The zero-order chi connectivity index (χ0) is 7.82. The van der Waals surface area contributed by atoms with Crippen molar-refractivity contribution in [2.75, 3.05) is 13.1 Å². The lowest BCUT2D eigenvalue weighted by Gasteiger charge is -2.17. The van der Waals surface area contributed by atoms with Crippen LogP contribution in [-0.4, -0.2) is 18.0 Å². The van der Waals surface area contributed by atoms with E-state index in [0.29, 0.717) is 0 Å². The van der Waals surface area contributed by atoms with Crippen molar-refractivity contribution in [3.05, 3.63) is 12.8 Å². The van der Waals surface area contributed by atoms with Gasteiger partial charge in [0.2, 0.25) is 0 Å². The molecule has 0 N–H and O–H groups in total. The third kappa shape index (κ3) is 4.42. The highest BCUT2D eigenvalue weighted by Gasteiger charge is 1.93. The van der Waals surface area contributed by atoms with Gasteiger partial charge in [0.05, 0.1) is 0 Å². The first-order chi connectivity index (χ1) is 4.85. The Labute approximate surface area is 64.7 Å². The van der Waals surface area contributed by atoms with Crippen molar-refractivity contribution in [3.8, 4) is 0 Å². The summed E-state index contributed by atoms with van der Waals surface area (Å²) in [5, 5.41) is 0. The molecule has 0 aromatic carbocycles. The Kier molecular flexibility index (Phi) is 6.35. The van der Waals surface area contributed by atoms with Crippen molar-refractivity contribution in [1.82, 2.24) is 4.90 Å². The number of hydrogen-bond acceptors (Lipinski definition) is 1. The van der Waals surface area contributed by atoms with Crippen molar-refractivity contribution in [2.45, 2.75) is 33.1 Å². The summed E-state index contributed by atoms with van der Waals surface area (Å²) in [5.74, 6) is 0. The highest BCUT2D eigenvalue weighted by molar-refractivity contribution is 4.69. The standard InChI is InChI=1S/C9H19N/c1-4-7-9-10(6-3)8-5-2/h6H,3-5,7-9H2,1-2H3. The monoisotopic (exact) mass is 141 g/mol. The Bertz CT molecular complexity index is 78.8. The van der Waals surface area contributed by atoms with Crippen LogP contribution < -0.4 is 0 Å². The van der Waals surface area contributed by atoms with Crippen LogP contribution in [-0.2, 0) is 0 Å². The van der Waals surface area contributed by atoms with Crippen LogP contribution in [0.2, 0.25) is 0 Å². The Morgan fingerprint density at radius 3 is 2.30 bits per heavy atom. The zero-order valence-electron chi connectivity index (χ0n) is 7.27. The largest absolute Gasteiger partial charge is 0.378 e. The van der Waals surface area contributed by atoms with Gasteiger partial charge in [-0.25, -0.2) is 0 Å². The molecule has 0 aliphatic rings. The molecule has 60 valence electrons. The minimum atomic E-state index is 1.16. The first-order valence-electron chi connectivity index (χ1n) is 4.21. The molecule has 0 aromatic rings. The smallest absolute Gasteiger partial charge is 0.0172 e. The van der Waals surface area contributed by atoms with Gasteiger partial charge < -0.3 is 4.90 Å². The molecule has 0 unspecified atom stereocenters. The Morgan fingerprint density at radius 1 is 1.20 bits per heavy atom. The van der Waals surface area contributed by atoms with E-state index in [1.807, 2.05) is 6.20 Å². The van der Waals surface area contributed by atoms with Gasteiger partial charge in [0.1, 0.15) is 0 Å². The van der Waals surface area contributed by atoms with Gasteiger partial charge in [-0.15, -0.1) is 0 Å². The second-order valence-electron chi connectivity index (χ2n) is 2.57. The van der Waals surface area contributed by atoms with E-state index in [4.69, 9.17) is 0 Å². The highest BCUT2D eigenvalue weighted by Crippen LogP contribution is 1.95. The van der Waals surface area contributed by atoms with E-state index in [9.17, 15) is 0 Å². The maximum atomic E-state index is 3.76. The summed E-state index contributed by atoms with van der Waals surface area (Å²) in [6, 6.07) is 0. The van der Waals surface area contributed by atoms with Crippen molar-refractivity contribution in [3.63, 3.8) is 0 Å². The fourth-order valence-corrected chi connectivity index (χ4v) is 0.943. The molecule has 0 atom stereocenters. The van der Waals surface area contributed by atoms with Gasteiger partial charge in [-0.05, 0) is 19.0 Å². The third-order valence-corrected chi connectivity index (χ3v) is 1.57. The van der Waals surface area contributed by atoms with Gasteiger partial charge in [0.15, 0.2) is 0 Å². The van der Waals surface area contributed by atoms with Crippen LogP contribution in [0.25, 0.3) is 0 Å². The number of rotatable bonds is 6. The molecule has 1 heteroatoms. The summed E-state index contributed by atoms with van der Waals surface area (Å²) in [4.78, 5) is 2.28. The van der Waals surface area contributed by atoms with Crippen LogP contribution in [0.1, 0.15) is 33.1 Å². The predicted octanol–water partition coefficient (Wildman–Crippen LogP) is 2.64. The van der Waals surface area contributed by atoms with E-state index in [2.05, 4.69) is 25.3 Å². The second-order valence-corrected chi connectivity index (χ2v) is 2.57. The summed E-state index contributed by atoms with van der Waals surface area (Å²) in [6.45, 7) is 10.5. The van der Waals surface area contributed by atoms with Crippen molar-refractivity contribution < 1.29 is 0 Å². The van der Waals surface area contributed by atoms with Crippen LogP contribution in [0, 0.1) is 0 Å². The van der Waals surface area contributed by atoms with E-state index in [-0.39, 0.29) is 0 Å². The number of nitrogens with zero attached hydrogens (tertiary/aromatic N) is 1. The third-order valence-electron chi connectivity index (χ3n) is 1.57. The molecule has 0 bridgehead atoms. The van der Waals surface area contributed by atoms with Crippen LogP contribution in [0.4, 0.5) is 0 Å². The molecular weight excluding hydrogens is 122 g/mol. The fourth-order valence-electron chi connectivity index (χ4n) is 0.943. The average Bonchev–Trinajstić information content (AvgIpc) is 1.98. The molecule has 0 fully saturated rings. The molecule has 0 spiro atoms. The van der Waals surface area contributed by atoms with Gasteiger partial charge in [-0.1, -0.05) is 26.8 Å². The van der Waals surface area contributed by atoms with E-state index < -0.39 is 0 Å². The van der Waals surface area contributed by atoms with Crippen LogP contribution >= 0.6 is 0 Å². The molecule has 10 heavy (non-hydrogen) atoms. The molecule has 1 nitrogen and oxygen atoms in total. The topological polar surface area (TPSA) is 3.24 Å². The molecule has 0 rings (SSSR count). The maximum Gasteiger partial charge on any atom is 0.0172 e. The van der Waals surface area contributed by atoms with E-state index in [1.54, 1.807) is 0 Å². The summed E-state index contributed by atoms with van der Waals surface area (Å²) in [7, 11) is 0. The van der Waals surface area contributed by atoms with E-state index >= 15 is 0 Å². The summed E-state index contributed by atoms with van der Waals surface area (Å²) in [5.41, 5.74) is 0. The van der Waals surface area contributed by atoms with E-state index in [0.717, 1.165) is 6.54 Å². The lowest BCUT2D eigenvalue weighted by Crippen LogP contribution is -2.18. The zero-order valence-corrected chi connectivity index (χ0v) is 7.27. The van der Waals surface area contributed by atoms with Crippen LogP contribution in [0.3, 0.4) is 0 Å². The molecule has 0 heterocycles. The number of unbranched alkanes of at least 4 members (excludes halogenated alkanes) is 1. The van der Waals surface area contributed by atoms with Crippen molar-refractivity contribution in [1.29, 1.82) is 0 Å². The second kappa shape index (κ2) is 6.66. The summed E-state index contributed by atoms with van der Waals surface area (Å²) in [6.07, 6.45) is 5.72. The molecule has 0 saturated carbocycles. The van der Waals surface area contributed by atoms with Crippen LogP contribution in [0.15, 0.2) is 12.8 Å². The molecule has 0 radical (unpaired) electrons. The lowest BCUT2D eigenvalue weighted by atomic mass is 10.3. The summed E-state index contributed by atoms with van der Waals surface area (Å²) >= 11 is 0. The van der Waals surface area contributed by atoms with Gasteiger partial charge in [-0.3, -0.25) is 0 Å². The maximum absolute atomic E-state index is 3.76. The first kappa shape index (κ1) is 9.54. The highest BCUT2D eigenvalue weighted by atomic mass is 15.1. The molecule has 0 aromatic heterocycles. The minimum Gasteiger partial charge on any atom is -0.378 e. The molecular formula is C9H19N. The van der Waals surface area contributed by atoms with Crippen molar-refractivity contribution in [2.24, 2.45) is 0 Å². The quantitative estimate of drug-likeness (QED) is 0.549. The fraction of sp³-hybridized carbons (Fsp3) is 0.778. The van der Waals surface area contributed by atoms with Crippen molar-refractivity contribution >= 4 is 0 Å². The number of hydrogen-bond donors (Lipinski definition) is 0. The van der Waals surface area contributed by atoms with Gasteiger partial charge in [0, 0.05) is 13.1 Å². The van der Waals surface area contributed by atoms with Gasteiger partial charge in [-0.2, -0.15) is 0 Å². The Hall–Kier alpha value is -0.460. The Balaban J connectivity index is 3.29. The summed E-state index contributed by atoms with van der Waals surface area (Å²) < 4.78 is 0. The Morgan fingerprint density at radius 2 is 1.90 bits per heavy atom. The molecule has 0 aliphatic heterocycles. The SMILES string of the molecule is C=CN(CCC)CCCC.